The number of pyridine rings is 1. The van der Waals surface area contributed by atoms with Crippen molar-refractivity contribution >= 4 is 0 Å². The highest BCUT2D eigenvalue weighted by atomic mass is 16.5. The molecule has 15 heavy (non-hydrogen) atoms. The molecule has 0 saturated carbocycles. The maximum Gasteiger partial charge on any atom is 0.137 e. The fraction of sp³-hybridized carbons (Fsp3) is 0.0833. The van der Waals surface area contributed by atoms with Crippen molar-refractivity contribution < 1.29 is 9.84 Å². The Hall–Kier alpha value is -2.03. The summed E-state index contributed by atoms with van der Waals surface area (Å²) in [6.45, 7) is 0. The van der Waals surface area contributed by atoms with Crippen LogP contribution in [0.5, 0.6) is 11.5 Å². The van der Waals surface area contributed by atoms with Crippen molar-refractivity contribution in [2.75, 3.05) is 7.11 Å². The van der Waals surface area contributed by atoms with Gasteiger partial charge in [-0.05, 0) is 12.1 Å². The summed E-state index contributed by atoms with van der Waals surface area (Å²) in [5.74, 6) is 0.920. The topological polar surface area (TPSA) is 42.4 Å². The molecule has 0 saturated heterocycles. The molecule has 0 aliphatic heterocycles. The van der Waals surface area contributed by atoms with Crippen LogP contribution < -0.4 is 4.74 Å². The van der Waals surface area contributed by atoms with Crippen LogP contribution in [0.3, 0.4) is 0 Å². The first-order chi connectivity index (χ1) is 7.31. The number of phenolic OH excluding ortho intramolecular Hbond substituents is 1. The molecular formula is C12H11NO2. The van der Waals surface area contributed by atoms with Crippen molar-refractivity contribution in [1.29, 1.82) is 0 Å². The van der Waals surface area contributed by atoms with Gasteiger partial charge in [0.15, 0.2) is 0 Å². The number of methoxy groups -OCH3 is 1. The molecule has 0 unspecified atom stereocenters. The summed E-state index contributed by atoms with van der Waals surface area (Å²) >= 11 is 0. The average molecular weight is 201 g/mol. The second kappa shape index (κ2) is 4.00. The van der Waals surface area contributed by atoms with Crippen molar-refractivity contribution in [3.8, 4) is 22.6 Å². The van der Waals surface area contributed by atoms with E-state index in [1.807, 2.05) is 18.2 Å². The van der Waals surface area contributed by atoms with Crippen molar-refractivity contribution in [3.05, 3.63) is 42.7 Å². The van der Waals surface area contributed by atoms with Crippen LogP contribution >= 0.6 is 0 Å². The van der Waals surface area contributed by atoms with Crippen molar-refractivity contribution in [3.63, 3.8) is 0 Å². The predicted octanol–water partition coefficient (Wildman–Crippen LogP) is 2.46. The number of nitrogens with zero attached hydrogens (tertiary/aromatic N) is 1. The molecule has 76 valence electrons. The van der Waals surface area contributed by atoms with E-state index < -0.39 is 0 Å². The molecule has 3 heteroatoms. The van der Waals surface area contributed by atoms with Crippen LogP contribution in [0.25, 0.3) is 11.1 Å². The molecule has 1 N–H and O–H groups in total. The molecule has 1 aromatic carbocycles. The molecule has 3 nitrogen and oxygen atoms in total. The fourth-order valence-electron chi connectivity index (χ4n) is 1.40. The Morgan fingerprint density at radius 3 is 2.73 bits per heavy atom. The lowest BCUT2D eigenvalue weighted by molar-refractivity contribution is 0.413. The van der Waals surface area contributed by atoms with Crippen LogP contribution in [0.1, 0.15) is 0 Å². The Kier molecular flexibility index (Phi) is 2.54. The number of ether oxygens (including phenoxy) is 1. The summed E-state index contributed by atoms with van der Waals surface area (Å²) in [7, 11) is 1.59. The van der Waals surface area contributed by atoms with Gasteiger partial charge in [0.05, 0.1) is 13.3 Å². The zero-order valence-corrected chi connectivity index (χ0v) is 8.34. The minimum atomic E-state index is 0.243. The molecule has 1 aromatic heterocycles. The molecule has 0 fully saturated rings. The van der Waals surface area contributed by atoms with Gasteiger partial charge in [-0.2, -0.15) is 0 Å². The standard InChI is InChI=1S/C12H11NO2/c1-15-10-6-9(7-13-8-10)11-4-2-3-5-12(11)14/h2-8,14H,1H3. The lowest BCUT2D eigenvalue weighted by atomic mass is 10.1. The smallest absolute Gasteiger partial charge is 0.137 e. The zero-order valence-electron chi connectivity index (χ0n) is 8.34. The van der Waals surface area contributed by atoms with Gasteiger partial charge in [-0.15, -0.1) is 0 Å². The largest absolute Gasteiger partial charge is 0.507 e. The third kappa shape index (κ3) is 1.91. The number of hydrogen-bond donors (Lipinski definition) is 1. The molecular weight excluding hydrogens is 190 g/mol. The zero-order chi connectivity index (χ0) is 10.7. The Morgan fingerprint density at radius 1 is 1.20 bits per heavy atom. The highest BCUT2D eigenvalue weighted by Crippen LogP contribution is 2.29. The first-order valence-electron chi connectivity index (χ1n) is 4.58. The summed E-state index contributed by atoms with van der Waals surface area (Å²) in [4.78, 5) is 4.04. The molecule has 0 radical (unpaired) electrons. The maximum atomic E-state index is 9.66. The predicted molar refractivity (Wildman–Crippen MR) is 57.9 cm³/mol. The van der Waals surface area contributed by atoms with Crippen molar-refractivity contribution in [2.24, 2.45) is 0 Å². The summed E-state index contributed by atoms with van der Waals surface area (Å²) in [6, 6.07) is 8.98. The minimum Gasteiger partial charge on any atom is -0.507 e. The molecule has 0 bridgehead atoms. The number of aromatic nitrogens is 1. The lowest BCUT2D eigenvalue weighted by Crippen LogP contribution is -1.86. The van der Waals surface area contributed by atoms with Crippen LogP contribution in [0.2, 0.25) is 0 Å². The van der Waals surface area contributed by atoms with E-state index in [-0.39, 0.29) is 5.75 Å². The number of hydrogen-bond acceptors (Lipinski definition) is 3. The van der Waals surface area contributed by atoms with Gasteiger partial charge in [-0.1, -0.05) is 18.2 Å². The van der Waals surface area contributed by atoms with Crippen molar-refractivity contribution in [2.45, 2.75) is 0 Å². The van der Waals surface area contributed by atoms with Gasteiger partial charge in [-0.25, -0.2) is 0 Å². The van der Waals surface area contributed by atoms with Gasteiger partial charge in [-0.3, -0.25) is 4.98 Å². The van der Waals surface area contributed by atoms with Crippen LogP contribution in [0.4, 0.5) is 0 Å². The van der Waals surface area contributed by atoms with E-state index >= 15 is 0 Å². The highest BCUT2D eigenvalue weighted by Gasteiger charge is 2.04. The van der Waals surface area contributed by atoms with E-state index in [0.717, 1.165) is 11.1 Å². The minimum absolute atomic E-state index is 0.243. The van der Waals surface area contributed by atoms with E-state index in [1.54, 1.807) is 31.6 Å². The number of benzene rings is 1. The Morgan fingerprint density at radius 2 is 2.00 bits per heavy atom. The first-order valence-corrected chi connectivity index (χ1v) is 4.58. The molecule has 2 aromatic rings. The van der Waals surface area contributed by atoms with Crippen molar-refractivity contribution in [1.82, 2.24) is 4.98 Å². The van der Waals surface area contributed by atoms with Crippen LogP contribution in [0.15, 0.2) is 42.7 Å². The van der Waals surface area contributed by atoms with E-state index in [4.69, 9.17) is 4.74 Å². The van der Waals surface area contributed by atoms with Crippen LogP contribution in [-0.4, -0.2) is 17.2 Å². The maximum absolute atomic E-state index is 9.66. The quantitative estimate of drug-likeness (QED) is 0.811. The molecule has 2 rings (SSSR count). The monoisotopic (exact) mass is 201 g/mol. The van der Waals surface area contributed by atoms with Crippen LogP contribution in [-0.2, 0) is 0 Å². The van der Waals surface area contributed by atoms with Gasteiger partial charge in [0.1, 0.15) is 11.5 Å². The van der Waals surface area contributed by atoms with Gasteiger partial charge in [0, 0.05) is 17.3 Å². The third-order valence-electron chi connectivity index (χ3n) is 2.16. The van der Waals surface area contributed by atoms with Gasteiger partial charge >= 0.3 is 0 Å². The van der Waals surface area contributed by atoms with Crippen LogP contribution in [0, 0.1) is 0 Å². The second-order valence-corrected chi connectivity index (χ2v) is 3.13. The number of phenols is 1. The van der Waals surface area contributed by atoms with Gasteiger partial charge in [0.25, 0.3) is 0 Å². The molecule has 0 amide bonds. The average Bonchev–Trinajstić information content (AvgIpc) is 2.30. The van der Waals surface area contributed by atoms with Gasteiger partial charge in [0.2, 0.25) is 0 Å². The fourth-order valence-corrected chi connectivity index (χ4v) is 1.40. The summed E-state index contributed by atoms with van der Waals surface area (Å²) in [6.07, 6.45) is 3.32. The number of aromatic hydroxyl groups is 1. The van der Waals surface area contributed by atoms with E-state index in [2.05, 4.69) is 4.98 Å². The Labute approximate surface area is 88.0 Å². The molecule has 0 spiro atoms. The number of para-hydroxylation sites is 1. The molecule has 0 atom stereocenters. The highest BCUT2D eigenvalue weighted by molar-refractivity contribution is 5.70. The number of rotatable bonds is 2. The SMILES string of the molecule is COc1cncc(-c2ccccc2O)c1. The summed E-state index contributed by atoms with van der Waals surface area (Å²) in [5, 5.41) is 9.66. The molecule has 1 heterocycles. The third-order valence-corrected chi connectivity index (χ3v) is 2.16. The molecule has 0 aliphatic carbocycles. The van der Waals surface area contributed by atoms with E-state index in [1.165, 1.54) is 0 Å². The summed E-state index contributed by atoms with van der Waals surface area (Å²) in [5.41, 5.74) is 1.59. The molecule has 0 aliphatic rings. The first kappa shape index (κ1) is 9.52. The van der Waals surface area contributed by atoms with Gasteiger partial charge < -0.3 is 9.84 Å². The summed E-state index contributed by atoms with van der Waals surface area (Å²) < 4.78 is 5.07. The Bertz CT molecular complexity index is 469. The Balaban J connectivity index is 2.49. The normalized spacial score (nSPS) is 9.93. The second-order valence-electron chi connectivity index (χ2n) is 3.13. The lowest BCUT2D eigenvalue weighted by Gasteiger charge is -2.05. The van der Waals surface area contributed by atoms with E-state index in [0.29, 0.717) is 5.75 Å². The van der Waals surface area contributed by atoms with E-state index in [9.17, 15) is 5.11 Å².